The Labute approximate surface area is 268 Å². The molecule has 2 atom stereocenters. The number of carbonyl (C=O) groups excluding carboxylic acids is 2. The second-order valence-electron chi connectivity index (χ2n) is 10.8. The van der Waals surface area contributed by atoms with Gasteiger partial charge >= 0.3 is 6.18 Å². The summed E-state index contributed by atoms with van der Waals surface area (Å²) in [6.45, 7) is 4.49. The number of halogens is 4. The van der Waals surface area contributed by atoms with Crippen molar-refractivity contribution >= 4 is 27.7 Å². The summed E-state index contributed by atoms with van der Waals surface area (Å²) in [5.74, 6) is -2.84. The van der Waals surface area contributed by atoms with Gasteiger partial charge in [0.15, 0.2) is 0 Å². The molecular weight excluding hydrogens is 638 g/mol. The second-order valence-corrected chi connectivity index (χ2v) is 12.7. The van der Waals surface area contributed by atoms with Crippen LogP contribution in [0.4, 0.5) is 23.4 Å². The average molecular weight is 670 g/mol. The van der Waals surface area contributed by atoms with Crippen LogP contribution in [0, 0.1) is 5.82 Å². The lowest BCUT2D eigenvalue weighted by molar-refractivity contribution is -0.137. The standard InChI is InChI=1S/C33H31F4N5O4S/c1-4-20(3)47(45,46)38-19-26-28-27(21-14-16-24(34)17-15-21)29(39-30(43)22-10-9-11-23(18-22)33(35,36)37)32(44)41(5-2)31(28)42(40-26)25-12-7-6-8-13-25/h4,6-18,27,29,38H,5,19H2,1-3H3,(H,39,43)/b20-4+/t27-,29-/m0/s1. The van der Waals surface area contributed by atoms with E-state index < -0.39 is 51.4 Å². The number of fused-ring (bicyclic) bond motifs is 1. The van der Waals surface area contributed by atoms with E-state index in [-0.39, 0.29) is 29.3 Å². The average Bonchev–Trinajstić information content (AvgIpc) is 3.43. The third kappa shape index (κ3) is 6.69. The van der Waals surface area contributed by atoms with Crippen molar-refractivity contribution in [2.45, 2.75) is 45.5 Å². The molecule has 0 radical (unpaired) electrons. The predicted octanol–water partition coefficient (Wildman–Crippen LogP) is 5.67. The zero-order valence-corrected chi connectivity index (χ0v) is 26.4. The minimum Gasteiger partial charge on any atom is -0.339 e. The Morgan fingerprint density at radius 1 is 1.02 bits per heavy atom. The van der Waals surface area contributed by atoms with Crippen molar-refractivity contribution in [1.29, 1.82) is 0 Å². The summed E-state index contributed by atoms with van der Waals surface area (Å²) in [5, 5.41) is 7.38. The molecule has 0 saturated heterocycles. The molecule has 0 bridgehead atoms. The Bertz CT molecular complexity index is 1940. The first-order valence-electron chi connectivity index (χ1n) is 14.6. The molecule has 0 spiro atoms. The zero-order valence-electron chi connectivity index (χ0n) is 25.5. The van der Waals surface area contributed by atoms with E-state index in [1.54, 1.807) is 44.2 Å². The number of aromatic nitrogens is 2. The Balaban J connectivity index is 1.71. The normalized spacial score (nSPS) is 17.0. The van der Waals surface area contributed by atoms with Gasteiger partial charge < -0.3 is 5.32 Å². The first kappa shape index (κ1) is 33.5. The highest BCUT2D eigenvalue weighted by molar-refractivity contribution is 7.93. The molecule has 1 aliphatic rings. The quantitative estimate of drug-likeness (QED) is 0.223. The second kappa shape index (κ2) is 13.1. The van der Waals surface area contributed by atoms with Gasteiger partial charge in [-0.25, -0.2) is 22.2 Å². The highest BCUT2D eigenvalue weighted by atomic mass is 32.2. The molecule has 0 unspecified atom stereocenters. The van der Waals surface area contributed by atoms with Gasteiger partial charge in [0.05, 0.1) is 28.4 Å². The number of hydrogen-bond acceptors (Lipinski definition) is 5. The fourth-order valence-corrected chi connectivity index (χ4v) is 6.34. The molecule has 2 amide bonds. The van der Waals surface area contributed by atoms with E-state index in [1.807, 2.05) is 0 Å². The minimum absolute atomic E-state index is 0.0699. The van der Waals surface area contributed by atoms with Gasteiger partial charge in [-0.2, -0.15) is 18.3 Å². The van der Waals surface area contributed by atoms with Crippen LogP contribution in [0.5, 0.6) is 0 Å². The van der Waals surface area contributed by atoms with E-state index >= 15 is 0 Å². The van der Waals surface area contributed by atoms with Crippen molar-refractivity contribution in [3.63, 3.8) is 0 Å². The number of anilines is 1. The van der Waals surface area contributed by atoms with Gasteiger partial charge in [0.25, 0.3) is 11.8 Å². The van der Waals surface area contributed by atoms with E-state index in [9.17, 15) is 35.6 Å². The van der Waals surface area contributed by atoms with Crippen molar-refractivity contribution < 1.29 is 35.6 Å². The van der Waals surface area contributed by atoms with Crippen LogP contribution in [0.1, 0.15) is 59.4 Å². The van der Waals surface area contributed by atoms with Gasteiger partial charge in [0.2, 0.25) is 10.0 Å². The van der Waals surface area contributed by atoms with Crippen molar-refractivity contribution in [1.82, 2.24) is 19.8 Å². The third-order valence-corrected chi connectivity index (χ3v) is 9.56. The van der Waals surface area contributed by atoms with Gasteiger partial charge in [-0.05, 0) is 68.8 Å². The van der Waals surface area contributed by atoms with E-state index in [4.69, 9.17) is 5.10 Å². The maximum absolute atomic E-state index is 14.3. The number of para-hydroxylation sites is 1. The molecule has 1 aliphatic heterocycles. The van der Waals surface area contributed by atoms with Crippen LogP contribution in [0.2, 0.25) is 0 Å². The lowest BCUT2D eigenvalue weighted by Gasteiger charge is -2.38. The van der Waals surface area contributed by atoms with E-state index in [0.717, 1.165) is 12.1 Å². The van der Waals surface area contributed by atoms with Crippen molar-refractivity contribution in [3.05, 3.63) is 124 Å². The van der Waals surface area contributed by atoms with Crippen LogP contribution in [0.15, 0.2) is 89.8 Å². The van der Waals surface area contributed by atoms with Gasteiger partial charge in [-0.15, -0.1) is 0 Å². The summed E-state index contributed by atoms with van der Waals surface area (Å²) in [6.07, 6.45) is -3.28. The fraction of sp³-hybridized carbons (Fsp3) is 0.242. The largest absolute Gasteiger partial charge is 0.416 e. The monoisotopic (exact) mass is 669 g/mol. The number of amides is 2. The number of alkyl halides is 3. The maximum atomic E-state index is 14.3. The number of benzene rings is 3. The first-order chi connectivity index (χ1) is 22.3. The first-order valence-corrected chi connectivity index (χ1v) is 16.1. The molecule has 1 aromatic heterocycles. The molecule has 0 fully saturated rings. The number of rotatable bonds is 9. The minimum atomic E-state index is -4.71. The number of nitrogens with one attached hydrogen (secondary N) is 2. The Kier molecular flexibility index (Phi) is 9.36. The van der Waals surface area contributed by atoms with Crippen molar-refractivity contribution in [3.8, 4) is 5.69 Å². The van der Waals surface area contributed by atoms with Crippen molar-refractivity contribution in [2.24, 2.45) is 0 Å². The summed E-state index contributed by atoms with van der Waals surface area (Å²) >= 11 is 0. The van der Waals surface area contributed by atoms with E-state index in [0.29, 0.717) is 28.7 Å². The SMILES string of the molecule is C/C=C(\C)S(=O)(=O)NCc1nn(-c2ccccc2)c2c1[C@H](c1ccc(F)cc1)[C@H](NC(=O)c1cccc(C(F)(F)F)c1)C(=O)N2CC. The molecule has 14 heteroatoms. The van der Waals surface area contributed by atoms with Gasteiger partial charge in [-0.3, -0.25) is 14.5 Å². The number of sulfonamides is 1. The number of carbonyl (C=O) groups is 2. The molecule has 47 heavy (non-hydrogen) atoms. The molecule has 4 aromatic rings. The number of allylic oxidation sites excluding steroid dienone is 2. The number of nitrogens with zero attached hydrogens (tertiary/aromatic N) is 3. The van der Waals surface area contributed by atoms with Gasteiger partial charge in [0, 0.05) is 23.6 Å². The Hall–Kier alpha value is -4.82. The molecule has 2 N–H and O–H groups in total. The lowest BCUT2D eigenvalue weighted by Crippen LogP contribution is -2.55. The smallest absolute Gasteiger partial charge is 0.339 e. The Morgan fingerprint density at radius 3 is 2.32 bits per heavy atom. The van der Waals surface area contributed by atoms with E-state index in [2.05, 4.69) is 10.0 Å². The summed E-state index contributed by atoms with van der Waals surface area (Å²) in [6, 6.07) is 16.4. The molecule has 5 rings (SSSR count). The molecule has 0 saturated carbocycles. The van der Waals surface area contributed by atoms with E-state index in [1.165, 1.54) is 52.9 Å². The van der Waals surface area contributed by atoms with Crippen LogP contribution in [0.3, 0.4) is 0 Å². The molecule has 246 valence electrons. The maximum Gasteiger partial charge on any atom is 0.416 e. The van der Waals surface area contributed by atoms with Crippen LogP contribution < -0.4 is 14.9 Å². The lowest BCUT2D eigenvalue weighted by atomic mass is 9.80. The molecule has 0 aliphatic carbocycles. The highest BCUT2D eigenvalue weighted by Gasteiger charge is 2.46. The predicted molar refractivity (Wildman–Crippen MR) is 168 cm³/mol. The molecule has 2 heterocycles. The zero-order chi connectivity index (χ0) is 34.1. The van der Waals surface area contributed by atoms with Crippen LogP contribution in [-0.2, 0) is 27.5 Å². The molecule has 9 nitrogen and oxygen atoms in total. The van der Waals surface area contributed by atoms with Crippen LogP contribution in [0.25, 0.3) is 5.69 Å². The summed E-state index contributed by atoms with van der Waals surface area (Å²) in [7, 11) is -3.92. The number of hydrogen-bond donors (Lipinski definition) is 2. The molecular formula is C33H31F4N5O4S. The highest BCUT2D eigenvalue weighted by Crippen LogP contribution is 2.44. The third-order valence-electron chi connectivity index (χ3n) is 7.95. The fourth-order valence-electron chi connectivity index (χ4n) is 5.48. The van der Waals surface area contributed by atoms with Gasteiger partial charge in [0.1, 0.15) is 17.7 Å². The van der Waals surface area contributed by atoms with Crippen molar-refractivity contribution in [2.75, 3.05) is 11.4 Å². The summed E-state index contributed by atoms with van der Waals surface area (Å²) < 4.78 is 84.5. The van der Waals surface area contributed by atoms with Gasteiger partial charge in [-0.1, -0.05) is 42.5 Å². The number of likely N-dealkylation sites (N-methyl/N-ethyl adjacent to an activating group) is 1. The topological polar surface area (TPSA) is 113 Å². The Morgan fingerprint density at radius 2 is 1.70 bits per heavy atom. The molecule has 3 aromatic carbocycles. The summed E-state index contributed by atoms with van der Waals surface area (Å²) in [4.78, 5) is 29.3. The summed E-state index contributed by atoms with van der Waals surface area (Å²) in [5.41, 5.74) is 0.162. The van der Waals surface area contributed by atoms with Crippen LogP contribution >= 0.6 is 0 Å². The van der Waals surface area contributed by atoms with Crippen LogP contribution in [-0.4, -0.2) is 42.6 Å².